The zero-order valence-electron chi connectivity index (χ0n) is 33.4. The fourth-order valence-corrected chi connectivity index (χ4v) is 9.37. The van der Waals surface area contributed by atoms with Crippen molar-refractivity contribution in [3.05, 3.63) is 233 Å². The van der Waals surface area contributed by atoms with Gasteiger partial charge in [-0.05, 0) is 74.0 Å². The van der Waals surface area contributed by atoms with Crippen LogP contribution in [0, 0.1) is 10.4 Å². The fraction of sp³-hybridized carbons (Fsp3) is 0. The molecule has 288 valence electrons. The zero-order chi connectivity index (χ0) is 41.0. The predicted molar refractivity (Wildman–Crippen MR) is 249 cm³/mol. The summed E-state index contributed by atoms with van der Waals surface area (Å²) in [6.45, 7) is 0. The number of aromatic nitrogens is 3. The maximum absolute atomic E-state index is 5.28. The predicted octanol–water partition coefficient (Wildman–Crippen LogP) is 13.0. The molecule has 0 saturated heterocycles. The highest BCUT2D eigenvalue weighted by atomic mass is 15.3. The van der Waals surface area contributed by atoms with E-state index in [-0.39, 0.29) is 0 Å². The van der Waals surface area contributed by atoms with Gasteiger partial charge < -0.3 is 0 Å². The molecule has 12 rings (SSSR count). The van der Waals surface area contributed by atoms with E-state index in [9.17, 15) is 0 Å². The van der Waals surface area contributed by atoms with E-state index < -0.39 is 0 Å². The second-order valence-corrected chi connectivity index (χ2v) is 15.6. The molecule has 62 heavy (non-hydrogen) atoms. The van der Waals surface area contributed by atoms with Crippen molar-refractivity contribution in [1.29, 1.82) is 0 Å². The van der Waals surface area contributed by atoms with Crippen LogP contribution in [0.5, 0.6) is 0 Å². The maximum atomic E-state index is 5.28. The number of rotatable bonds is 7. The second-order valence-electron chi connectivity index (χ2n) is 15.6. The summed E-state index contributed by atoms with van der Waals surface area (Å²) in [6, 6.07) is 74.4. The van der Waals surface area contributed by atoms with Crippen molar-refractivity contribution in [2.75, 3.05) is 0 Å². The van der Waals surface area contributed by atoms with Crippen LogP contribution in [0.3, 0.4) is 0 Å². The van der Waals surface area contributed by atoms with Crippen LogP contribution >= 0.6 is 0 Å². The van der Waals surface area contributed by atoms with Crippen molar-refractivity contribution in [3.8, 4) is 89.3 Å². The molecule has 3 heterocycles. The SMILES string of the molecule is c1ccc(-c2ccccc2-c2nnnc(-c3ccccc3-c3c(-c4ccccc4)ccc4c3-c3c5c(ccc3=N4)=c3ccccc3=N5)c2-c2ccccc2-c2ccccc2)cc1. The smallest absolute Gasteiger partial charge is 0.105 e. The van der Waals surface area contributed by atoms with E-state index in [1.54, 1.807) is 0 Å². The molecule has 0 fully saturated rings. The first-order valence-corrected chi connectivity index (χ1v) is 20.9. The Morgan fingerprint density at radius 1 is 0.258 bits per heavy atom. The number of fused-ring (bicyclic) bond motifs is 6. The third kappa shape index (κ3) is 5.75. The molecule has 0 N–H and O–H groups in total. The Kier molecular flexibility index (Phi) is 8.42. The lowest BCUT2D eigenvalue weighted by atomic mass is 9.82. The van der Waals surface area contributed by atoms with Gasteiger partial charge in [-0.2, -0.15) is 0 Å². The zero-order valence-corrected chi connectivity index (χ0v) is 33.4. The summed E-state index contributed by atoms with van der Waals surface area (Å²) < 4.78 is 0. The molecule has 9 aromatic carbocycles. The van der Waals surface area contributed by atoms with Crippen molar-refractivity contribution < 1.29 is 0 Å². The van der Waals surface area contributed by atoms with Gasteiger partial charge in [0.05, 0.1) is 22.1 Å². The Hall–Kier alpha value is -8.41. The minimum Gasteiger partial charge on any atom is -0.248 e. The molecule has 10 aromatic rings. The first-order valence-electron chi connectivity index (χ1n) is 20.9. The first kappa shape index (κ1) is 35.5. The number of hydrogen-bond acceptors (Lipinski definition) is 5. The Bertz CT molecular complexity index is 3620. The Morgan fingerprint density at radius 3 is 1.37 bits per heavy atom. The Morgan fingerprint density at radius 2 is 0.742 bits per heavy atom. The van der Waals surface area contributed by atoms with Crippen LogP contribution in [-0.4, -0.2) is 15.4 Å². The normalized spacial score (nSPS) is 11.8. The van der Waals surface area contributed by atoms with E-state index in [2.05, 4.69) is 211 Å². The Balaban J connectivity index is 1.19. The third-order valence-corrected chi connectivity index (χ3v) is 12.1. The largest absolute Gasteiger partial charge is 0.248 e. The molecule has 5 heteroatoms. The van der Waals surface area contributed by atoms with Gasteiger partial charge in [-0.15, -0.1) is 10.2 Å². The number of nitrogens with zero attached hydrogens (tertiary/aromatic N) is 5. The first-order chi connectivity index (χ1) is 30.8. The molecule has 0 atom stereocenters. The van der Waals surface area contributed by atoms with Gasteiger partial charge in [0.15, 0.2) is 0 Å². The third-order valence-electron chi connectivity index (χ3n) is 12.1. The number of benzene rings is 9. The van der Waals surface area contributed by atoms with Gasteiger partial charge in [-0.3, -0.25) is 0 Å². The van der Waals surface area contributed by atoms with Gasteiger partial charge in [0.1, 0.15) is 11.4 Å². The van der Waals surface area contributed by atoms with Crippen LogP contribution in [-0.2, 0) is 0 Å². The van der Waals surface area contributed by atoms with Crippen LogP contribution in [0.4, 0.5) is 11.4 Å². The highest BCUT2D eigenvalue weighted by molar-refractivity contribution is 6.08. The van der Waals surface area contributed by atoms with Crippen molar-refractivity contribution in [1.82, 2.24) is 15.4 Å². The number of para-hydroxylation sites is 1. The highest BCUT2D eigenvalue weighted by Crippen LogP contribution is 2.52. The molecule has 0 unspecified atom stereocenters. The van der Waals surface area contributed by atoms with E-state index in [1.807, 2.05) is 6.07 Å². The van der Waals surface area contributed by atoms with Crippen LogP contribution < -0.4 is 10.7 Å². The monoisotopic (exact) mass is 789 g/mol. The van der Waals surface area contributed by atoms with Crippen molar-refractivity contribution in [2.24, 2.45) is 9.98 Å². The molecule has 2 aliphatic heterocycles. The molecular formula is C57H35N5. The minimum atomic E-state index is 0.735. The summed E-state index contributed by atoms with van der Waals surface area (Å²) >= 11 is 0. The van der Waals surface area contributed by atoms with Crippen LogP contribution in [0.2, 0.25) is 0 Å². The van der Waals surface area contributed by atoms with E-state index >= 15 is 0 Å². The van der Waals surface area contributed by atoms with E-state index in [0.29, 0.717) is 0 Å². The molecule has 2 aliphatic rings. The van der Waals surface area contributed by atoms with Crippen molar-refractivity contribution in [3.63, 3.8) is 0 Å². The lowest BCUT2D eigenvalue weighted by Gasteiger charge is -2.22. The molecule has 0 spiro atoms. The van der Waals surface area contributed by atoms with E-state index in [1.165, 1.54) is 0 Å². The molecule has 0 radical (unpaired) electrons. The van der Waals surface area contributed by atoms with Gasteiger partial charge >= 0.3 is 0 Å². The molecular weight excluding hydrogens is 755 g/mol. The lowest BCUT2D eigenvalue weighted by Crippen LogP contribution is -2.04. The van der Waals surface area contributed by atoms with Gasteiger partial charge in [0.25, 0.3) is 0 Å². The summed E-state index contributed by atoms with van der Waals surface area (Å²) in [5.74, 6) is 0. The quantitative estimate of drug-likeness (QED) is 0.162. The van der Waals surface area contributed by atoms with E-state index in [4.69, 9.17) is 20.2 Å². The molecule has 0 amide bonds. The van der Waals surface area contributed by atoms with E-state index in [0.717, 1.165) is 122 Å². The van der Waals surface area contributed by atoms with Gasteiger partial charge in [-0.1, -0.05) is 188 Å². The standard InChI is InChI=1S/C57H35N5/c1-4-18-36(19-5-1)39-24-10-12-27-43(39)52-56(45-29-14-11-25-40(45)37-20-6-2-7-21-37)60-62-61-57(52)46-30-15-13-28-44(46)51-41(38-22-8-3-9-23-38)32-34-49-53(51)54-50(58-49)35-33-47-42-26-16-17-31-48(42)59-55(47)54/h1-35H. The average molecular weight is 790 g/mol. The summed E-state index contributed by atoms with van der Waals surface area (Å²) in [7, 11) is 0. The summed E-state index contributed by atoms with van der Waals surface area (Å²) in [4.78, 5) is 10.6. The van der Waals surface area contributed by atoms with Crippen LogP contribution in [0.25, 0.3) is 89.3 Å². The molecule has 0 aliphatic carbocycles. The second kappa shape index (κ2) is 14.7. The molecule has 1 aromatic heterocycles. The van der Waals surface area contributed by atoms with Gasteiger partial charge in [-0.25, -0.2) is 9.98 Å². The summed E-state index contributed by atoms with van der Waals surface area (Å²) in [6.07, 6.45) is 0. The van der Waals surface area contributed by atoms with Gasteiger partial charge in [0, 0.05) is 43.8 Å². The van der Waals surface area contributed by atoms with Crippen molar-refractivity contribution >= 4 is 11.4 Å². The Labute approximate surface area is 358 Å². The molecule has 0 saturated carbocycles. The van der Waals surface area contributed by atoms with Crippen molar-refractivity contribution in [2.45, 2.75) is 0 Å². The van der Waals surface area contributed by atoms with Crippen LogP contribution in [0.15, 0.2) is 222 Å². The van der Waals surface area contributed by atoms with Crippen LogP contribution in [0.1, 0.15) is 0 Å². The topological polar surface area (TPSA) is 63.4 Å². The molecule has 5 nitrogen and oxygen atoms in total. The fourth-order valence-electron chi connectivity index (χ4n) is 9.37. The average Bonchev–Trinajstić information content (AvgIpc) is 3.93. The molecule has 0 bridgehead atoms. The lowest BCUT2D eigenvalue weighted by molar-refractivity contribution is 0.879. The highest BCUT2D eigenvalue weighted by Gasteiger charge is 2.30. The summed E-state index contributed by atoms with van der Waals surface area (Å²) in [5, 5.41) is 18.8. The summed E-state index contributed by atoms with van der Waals surface area (Å²) in [5.41, 5.74) is 17.9. The number of hydrogen-bond donors (Lipinski definition) is 0. The minimum absolute atomic E-state index is 0.735. The van der Waals surface area contributed by atoms with Gasteiger partial charge in [0.2, 0.25) is 0 Å². The maximum Gasteiger partial charge on any atom is 0.105 e.